The molecule has 2 unspecified atom stereocenters. The van der Waals surface area contributed by atoms with E-state index >= 15 is 0 Å². The molecule has 1 saturated carbocycles. The van der Waals surface area contributed by atoms with Gasteiger partial charge in [0.25, 0.3) is 0 Å². The first-order chi connectivity index (χ1) is 8.70. The quantitative estimate of drug-likeness (QED) is 0.804. The predicted octanol–water partition coefficient (Wildman–Crippen LogP) is 5.25. The van der Waals surface area contributed by atoms with E-state index in [4.69, 9.17) is 17.3 Å². The molecule has 0 saturated heterocycles. The minimum atomic E-state index is 0.242. The van der Waals surface area contributed by atoms with E-state index in [-0.39, 0.29) is 6.04 Å². The van der Waals surface area contributed by atoms with Gasteiger partial charge in [0.1, 0.15) is 0 Å². The van der Waals surface area contributed by atoms with E-state index in [1.165, 1.54) is 37.0 Å². The lowest BCUT2D eigenvalue weighted by molar-refractivity contribution is 0.512. The third kappa shape index (κ3) is 3.89. The number of nitrogens with two attached hydrogens (primary N) is 1. The smallest absolute Gasteiger partial charge is 0.0931 e. The topological polar surface area (TPSA) is 26.0 Å². The number of rotatable bonds is 5. The molecule has 0 radical (unpaired) electrons. The van der Waals surface area contributed by atoms with E-state index in [9.17, 15) is 0 Å². The summed E-state index contributed by atoms with van der Waals surface area (Å²) in [7, 11) is 0. The van der Waals surface area contributed by atoms with Gasteiger partial charge in [0.05, 0.1) is 9.59 Å². The van der Waals surface area contributed by atoms with E-state index in [0.29, 0.717) is 5.25 Å². The van der Waals surface area contributed by atoms with Crippen molar-refractivity contribution in [3.05, 3.63) is 21.3 Å². The lowest BCUT2D eigenvalue weighted by Crippen LogP contribution is -2.27. The first kappa shape index (κ1) is 14.7. The summed E-state index contributed by atoms with van der Waals surface area (Å²) in [5, 5.41) is 1.22. The molecule has 1 aromatic heterocycles. The Morgan fingerprint density at radius 1 is 1.39 bits per heavy atom. The van der Waals surface area contributed by atoms with Gasteiger partial charge in [0, 0.05) is 16.2 Å². The van der Waals surface area contributed by atoms with E-state index in [0.717, 1.165) is 16.0 Å². The largest absolute Gasteiger partial charge is 0.326 e. The Hall–Kier alpha value is 0.300. The van der Waals surface area contributed by atoms with E-state index < -0.39 is 0 Å². The molecule has 0 aliphatic heterocycles. The van der Waals surface area contributed by atoms with Gasteiger partial charge in [0.15, 0.2) is 0 Å². The molecule has 4 heteroatoms. The normalized spacial score (nSPS) is 20.8. The van der Waals surface area contributed by atoms with Crippen molar-refractivity contribution in [2.24, 2.45) is 5.73 Å². The summed E-state index contributed by atoms with van der Waals surface area (Å²) in [5.74, 6) is 0. The number of thioether (sulfide) groups is 1. The Kier molecular flexibility index (Phi) is 5.87. The Morgan fingerprint density at radius 3 is 2.67 bits per heavy atom. The van der Waals surface area contributed by atoms with Crippen molar-refractivity contribution in [3.63, 3.8) is 0 Å². The summed E-state index contributed by atoms with van der Waals surface area (Å²) >= 11 is 9.85. The molecule has 1 fully saturated rings. The predicted molar refractivity (Wildman–Crippen MR) is 84.8 cm³/mol. The fourth-order valence-corrected chi connectivity index (χ4v) is 5.54. The molecular weight excluding hydrogens is 282 g/mol. The maximum absolute atomic E-state index is 6.32. The van der Waals surface area contributed by atoms with Crippen molar-refractivity contribution < 1.29 is 0 Å². The van der Waals surface area contributed by atoms with Gasteiger partial charge < -0.3 is 5.73 Å². The van der Waals surface area contributed by atoms with Crippen molar-refractivity contribution in [3.8, 4) is 0 Å². The fourth-order valence-electron chi connectivity index (χ4n) is 2.48. The number of hydrogen-bond acceptors (Lipinski definition) is 3. The van der Waals surface area contributed by atoms with Crippen LogP contribution in [0.5, 0.6) is 0 Å². The molecule has 2 rings (SSSR count). The molecule has 0 amide bonds. The number of hydrogen-bond donors (Lipinski definition) is 1. The Bertz CT molecular complexity index is 360. The summed E-state index contributed by atoms with van der Waals surface area (Å²) in [6.07, 6.45) is 7.92. The van der Waals surface area contributed by atoms with Gasteiger partial charge in [-0.05, 0) is 31.4 Å². The van der Waals surface area contributed by atoms with Crippen molar-refractivity contribution >= 4 is 34.7 Å². The van der Waals surface area contributed by atoms with Crippen LogP contribution in [0.3, 0.4) is 0 Å². The highest BCUT2D eigenvalue weighted by atomic mass is 35.5. The summed E-state index contributed by atoms with van der Waals surface area (Å²) in [4.78, 5) is 1.35. The first-order valence-corrected chi connectivity index (χ1v) is 9.00. The van der Waals surface area contributed by atoms with E-state index in [2.05, 4.69) is 24.8 Å². The third-order valence-corrected chi connectivity index (χ3v) is 6.84. The van der Waals surface area contributed by atoms with Crippen LogP contribution in [0.4, 0.5) is 0 Å². The van der Waals surface area contributed by atoms with Crippen LogP contribution >= 0.6 is 34.7 Å². The van der Waals surface area contributed by atoms with E-state index in [1.54, 1.807) is 11.3 Å². The Morgan fingerprint density at radius 2 is 2.11 bits per heavy atom. The Balaban J connectivity index is 2.04. The maximum Gasteiger partial charge on any atom is 0.0931 e. The van der Waals surface area contributed by atoms with Gasteiger partial charge in [-0.3, -0.25) is 0 Å². The monoisotopic (exact) mass is 303 g/mol. The second-order valence-corrected chi connectivity index (χ2v) is 8.22. The molecule has 0 aromatic carbocycles. The third-order valence-electron chi connectivity index (χ3n) is 3.63. The summed E-state index contributed by atoms with van der Waals surface area (Å²) in [6.45, 7) is 2.17. The van der Waals surface area contributed by atoms with Gasteiger partial charge in [-0.2, -0.15) is 0 Å². The van der Waals surface area contributed by atoms with Crippen LogP contribution in [0.2, 0.25) is 4.34 Å². The SMILES string of the molecule is CCC(N)C(SC1CCCCC1)c1ccc(Cl)s1. The zero-order valence-corrected chi connectivity index (χ0v) is 13.3. The van der Waals surface area contributed by atoms with Crippen molar-refractivity contribution in [2.45, 2.75) is 62.0 Å². The van der Waals surface area contributed by atoms with Crippen LogP contribution < -0.4 is 5.73 Å². The molecule has 1 aromatic rings. The molecule has 1 aliphatic carbocycles. The van der Waals surface area contributed by atoms with Crippen LogP contribution in [0.15, 0.2) is 12.1 Å². The molecule has 102 valence electrons. The molecule has 1 nitrogen and oxygen atoms in total. The first-order valence-electron chi connectivity index (χ1n) is 6.87. The molecule has 2 atom stereocenters. The zero-order valence-electron chi connectivity index (χ0n) is 10.9. The fraction of sp³-hybridized carbons (Fsp3) is 0.714. The molecule has 1 heterocycles. The van der Waals surface area contributed by atoms with Crippen molar-refractivity contribution in [1.82, 2.24) is 0 Å². The number of halogens is 1. The molecule has 0 bridgehead atoms. The minimum Gasteiger partial charge on any atom is -0.326 e. The van der Waals surface area contributed by atoms with Crippen molar-refractivity contribution in [2.75, 3.05) is 0 Å². The molecule has 0 spiro atoms. The minimum absolute atomic E-state index is 0.242. The summed E-state index contributed by atoms with van der Waals surface area (Å²) in [6, 6.07) is 4.40. The summed E-state index contributed by atoms with van der Waals surface area (Å²) in [5.41, 5.74) is 6.32. The van der Waals surface area contributed by atoms with Crippen molar-refractivity contribution in [1.29, 1.82) is 0 Å². The van der Waals surface area contributed by atoms with Gasteiger partial charge in [-0.25, -0.2) is 0 Å². The lowest BCUT2D eigenvalue weighted by Gasteiger charge is -2.28. The molecule has 2 N–H and O–H groups in total. The summed E-state index contributed by atoms with van der Waals surface area (Å²) < 4.78 is 0.877. The number of thiophene rings is 1. The van der Waals surface area contributed by atoms with Crippen LogP contribution in [0, 0.1) is 0 Å². The average molecular weight is 304 g/mol. The second kappa shape index (κ2) is 7.18. The van der Waals surface area contributed by atoms with Gasteiger partial charge >= 0.3 is 0 Å². The maximum atomic E-state index is 6.32. The standard InChI is InChI=1S/C14H22ClNS2/c1-2-11(16)14(12-8-9-13(15)18-12)17-10-6-4-3-5-7-10/h8-11,14H,2-7,16H2,1H3. The lowest BCUT2D eigenvalue weighted by atomic mass is 10.0. The van der Waals surface area contributed by atoms with E-state index in [1.807, 2.05) is 6.07 Å². The average Bonchev–Trinajstić information content (AvgIpc) is 2.83. The molecule has 18 heavy (non-hydrogen) atoms. The Labute approximate surface area is 123 Å². The zero-order chi connectivity index (χ0) is 13.0. The highest BCUT2D eigenvalue weighted by Gasteiger charge is 2.25. The van der Waals surface area contributed by atoms with Crippen LogP contribution in [0.25, 0.3) is 0 Å². The highest BCUT2D eigenvalue weighted by molar-refractivity contribution is 8.00. The van der Waals surface area contributed by atoms with Gasteiger partial charge in [-0.1, -0.05) is 37.8 Å². The van der Waals surface area contributed by atoms with Crippen LogP contribution in [-0.2, 0) is 0 Å². The molecule has 1 aliphatic rings. The van der Waals surface area contributed by atoms with Crippen LogP contribution in [0.1, 0.15) is 55.6 Å². The molecular formula is C14H22ClNS2. The van der Waals surface area contributed by atoms with Gasteiger partial charge in [-0.15, -0.1) is 23.1 Å². The second-order valence-electron chi connectivity index (χ2n) is 5.03. The highest BCUT2D eigenvalue weighted by Crippen LogP contribution is 2.43. The van der Waals surface area contributed by atoms with Crippen LogP contribution in [-0.4, -0.2) is 11.3 Å². The van der Waals surface area contributed by atoms with Gasteiger partial charge in [0.2, 0.25) is 0 Å².